The maximum absolute atomic E-state index is 14.0. The summed E-state index contributed by atoms with van der Waals surface area (Å²) < 4.78 is 48.4. The van der Waals surface area contributed by atoms with E-state index in [0.29, 0.717) is 25.0 Å². The third kappa shape index (κ3) is 4.75. The number of allylic oxidation sites excluding steroid dienone is 1. The fourth-order valence-electron chi connectivity index (χ4n) is 4.39. The zero-order valence-electron chi connectivity index (χ0n) is 19.6. The first-order valence-corrected chi connectivity index (χ1v) is 11.7. The van der Waals surface area contributed by atoms with Gasteiger partial charge in [0.2, 0.25) is 5.43 Å². The summed E-state index contributed by atoms with van der Waals surface area (Å²) in [6.07, 6.45) is 6.63. The van der Waals surface area contributed by atoms with Gasteiger partial charge in [0.1, 0.15) is 23.0 Å². The van der Waals surface area contributed by atoms with Gasteiger partial charge in [0.05, 0.1) is 25.3 Å². The number of carbonyl (C=O) groups excluding carboxylic acids is 2. The number of aromatic nitrogens is 1. The number of nitrogens with one attached hydrogen (secondary N) is 1. The summed E-state index contributed by atoms with van der Waals surface area (Å²) in [6, 6.07) is 0.0972. The first-order chi connectivity index (χ1) is 17.3. The molecule has 11 heteroatoms. The van der Waals surface area contributed by atoms with Crippen molar-refractivity contribution >= 4 is 11.8 Å². The minimum Gasteiger partial charge on any atom is -0.487 e. The van der Waals surface area contributed by atoms with Crippen molar-refractivity contribution in [3.05, 3.63) is 75.0 Å². The normalized spacial score (nSPS) is 18.6. The van der Waals surface area contributed by atoms with E-state index in [1.54, 1.807) is 6.08 Å². The Kier molecular flexibility index (Phi) is 7.48. The van der Waals surface area contributed by atoms with Crippen LogP contribution in [0.1, 0.15) is 58.6 Å². The first kappa shape index (κ1) is 25.5. The number of halogens is 3. The Hall–Kier alpha value is -3.60. The quantitative estimate of drug-likeness (QED) is 0.425. The summed E-state index contributed by atoms with van der Waals surface area (Å²) >= 11 is 0. The lowest BCUT2D eigenvalue weighted by atomic mass is 10.1. The van der Waals surface area contributed by atoms with Crippen LogP contribution < -0.4 is 15.5 Å². The molecular weight excluding hydrogens is 479 g/mol. The minimum atomic E-state index is -1.17. The molecule has 36 heavy (non-hydrogen) atoms. The van der Waals surface area contributed by atoms with Crippen LogP contribution in [0.15, 0.2) is 35.3 Å². The fraction of sp³-hybridized carbons (Fsp3) is 0.400. The molecule has 0 saturated heterocycles. The highest BCUT2D eigenvalue weighted by Crippen LogP contribution is 2.32. The van der Waals surface area contributed by atoms with E-state index in [2.05, 4.69) is 5.32 Å². The second kappa shape index (κ2) is 10.6. The van der Waals surface area contributed by atoms with E-state index in [4.69, 9.17) is 4.74 Å². The average molecular weight is 505 g/mol. The van der Waals surface area contributed by atoms with E-state index >= 15 is 0 Å². The zero-order valence-corrected chi connectivity index (χ0v) is 19.6. The van der Waals surface area contributed by atoms with Gasteiger partial charge in [0.15, 0.2) is 11.4 Å². The van der Waals surface area contributed by atoms with Crippen LogP contribution in [-0.2, 0) is 6.54 Å². The van der Waals surface area contributed by atoms with Gasteiger partial charge < -0.3 is 24.6 Å². The molecule has 0 radical (unpaired) electrons. The molecule has 1 aromatic carbocycles. The Balaban J connectivity index is 1.73. The highest BCUT2D eigenvalue weighted by atomic mass is 19.1. The van der Waals surface area contributed by atoms with E-state index in [1.165, 1.54) is 15.7 Å². The van der Waals surface area contributed by atoms with Gasteiger partial charge in [-0.15, -0.1) is 0 Å². The van der Waals surface area contributed by atoms with Crippen molar-refractivity contribution in [2.75, 3.05) is 19.8 Å². The largest absolute Gasteiger partial charge is 0.487 e. The number of unbranched alkanes of at least 4 members (excludes halogenated alkanes) is 1. The molecule has 2 N–H and O–H groups in total. The van der Waals surface area contributed by atoms with Crippen molar-refractivity contribution in [1.29, 1.82) is 0 Å². The molecule has 2 amide bonds. The van der Waals surface area contributed by atoms with Crippen LogP contribution >= 0.6 is 0 Å². The number of hydrogen-bond acceptors (Lipinski definition) is 5. The number of nitrogens with zero attached hydrogens (tertiary/aromatic N) is 2. The van der Waals surface area contributed by atoms with Crippen LogP contribution in [0.4, 0.5) is 13.2 Å². The molecule has 2 bridgehead atoms. The van der Waals surface area contributed by atoms with Gasteiger partial charge in [0, 0.05) is 37.0 Å². The van der Waals surface area contributed by atoms with Crippen molar-refractivity contribution < 1.29 is 32.6 Å². The SMILES string of the molecule is CCCCOc1c2n(cc(C(=O)NCc3c(F)cc(F)cc3F)c1=O)[C@H]1CC=C[C@H](CO)N(C1)C2=O. The summed E-state index contributed by atoms with van der Waals surface area (Å²) in [4.78, 5) is 41.2. The van der Waals surface area contributed by atoms with Gasteiger partial charge in [-0.1, -0.05) is 25.5 Å². The van der Waals surface area contributed by atoms with Crippen LogP contribution in [0.25, 0.3) is 0 Å². The lowest BCUT2D eigenvalue weighted by molar-refractivity contribution is 0.0549. The first-order valence-electron chi connectivity index (χ1n) is 11.7. The predicted octanol–water partition coefficient (Wildman–Crippen LogP) is 2.69. The molecule has 192 valence electrons. The summed E-state index contributed by atoms with van der Waals surface area (Å²) in [7, 11) is 0. The molecule has 0 aliphatic carbocycles. The summed E-state index contributed by atoms with van der Waals surface area (Å²) in [5.41, 5.74) is -1.77. The third-order valence-corrected chi connectivity index (χ3v) is 6.33. The molecule has 3 heterocycles. The van der Waals surface area contributed by atoms with Crippen molar-refractivity contribution in [1.82, 2.24) is 14.8 Å². The maximum Gasteiger partial charge on any atom is 0.275 e. The molecule has 0 saturated carbocycles. The molecule has 0 fully saturated rings. The average Bonchev–Trinajstić information content (AvgIpc) is 3.03. The van der Waals surface area contributed by atoms with Crippen molar-refractivity contribution in [3.63, 3.8) is 0 Å². The Morgan fingerprint density at radius 3 is 2.61 bits per heavy atom. The standard InChI is InChI=1S/C25H26F3N3O5/c1-2-3-7-36-23-21-25(35)31-11-15(5-4-6-16(31)13-32)30(21)12-18(22(23)33)24(34)29-10-17-19(27)8-14(26)9-20(17)28/h4,6,8-9,12,15-16,32H,2-3,5,7,10-11,13H2,1H3,(H,29,34)/t15-,16+/m0/s1. The lowest BCUT2D eigenvalue weighted by Crippen LogP contribution is -2.49. The topological polar surface area (TPSA) is 101 Å². The van der Waals surface area contributed by atoms with Gasteiger partial charge >= 0.3 is 0 Å². The number of rotatable bonds is 8. The van der Waals surface area contributed by atoms with Crippen molar-refractivity contribution in [2.24, 2.45) is 0 Å². The Bertz CT molecular complexity index is 1250. The van der Waals surface area contributed by atoms with Gasteiger partial charge in [0.25, 0.3) is 11.8 Å². The van der Waals surface area contributed by atoms with Crippen LogP contribution in [0, 0.1) is 17.5 Å². The third-order valence-electron chi connectivity index (χ3n) is 6.33. The number of aliphatic hydroxyl groups excluding tert-OH is 1. The van der Waals surface area contributed by atoms with E-state index in [-0.39, 0.29) is 42.8 Å². The molecule has 0 unspecified atom stereocenters. The maximum atomic E-state index is 14.0. The number of fused-ring (bicyclic) bond motifs is 4. The molecule has 8 nitrogen and oxygen atoms in total. The Labute approximate surface area is 205 Å². The second-order valence-electron chi connectivity index (χ2n) is 8.71. The van der Waals surface area contributed by atoms with E-state index in [0.717, 1.165) is 6.42 Å². The lowest BCUT2D eigenvalue weighted by Gasteiger charge is -2.38. The van der Waals surface area contributed by atoms with Crippen LogP contribution in [-0.4, -0.2) is 52.2 Å². The van der Waals surface area contributed by atoms with E-state index < -0.39 is 52.8 Å². The minimum absolute atomic E-state index is 0.0123. The highest BCUT2D eigenvalue weighted by Gasteiger charge is 2.39. The smallest absolute Gasteiger partial charge is 0.275 e. The van der Waals surface area contributed by atoms with E-state index in [1.807, 2.05) is 13.0 Å². The van der Waals surface area contributed by atoms with Crippen LogP contribution in [0.3, 0.4) is 0 Å². The van der Waals surface area contributed by atoms with Gasteiger partial charge in [-0.3, -0.25) is 14.4 Å². The molecule has 0 spiro atoms. The fourth-order valence-corrected chi connectivity index (χ4v) is 4.39. The predicted molar refractivity (Wildman–Crippen MR) is 123 cm³/mol. The number of pyridine rings is 1. The molecule has 4 rings (SSSR count). The number of benzene rings is 1. The Morgan fingerprint density at radius 1 is 1.22 bits per heavy atom. The van der Waals surface area contributed by atoms with Crippen LogP contribution in [0.5, 0.6) is 5.75 Å². The van der Waals surface area contributed by atoms with Crippen molar-refractivity contribution in [2.45, 2.75) is 44.8 Å². The summed E-state index contributed by atoms with van der Waals surface area (Å²) in [6.45, 7) is 1.39. The monoisotopic (exact) mass is 505 g/mol. The molecular formula is C25H26F3N3O5. The van der Waals surface area contributed by atoms with Gasteiger partial charge in [-0.05, 0) is 12.8 Å². The number of ether oxygens (including phenoxy) is 1. The van der Waals surface area contributed by atoms with Crippen molar-refractivity contribution in [3.8, 4) is 5.75 Å². The van der Waals surface area contributed by atoms with Crippen LogP contribution in [0.2, 0.25) is 0 Å². The number of carbonyl (C=O) groups is 2. The number of amides is 2. The summed E-state index contributed by atoms with van der Waals surface area (Å²) in [5, 5.41) is 12.0. The molecule has 1 aromatic heterocycles. The number of aliphatic hydroxyl groups is 1. The highest BCUT2D eigenvalue weighted by molar-refractivity contribution is 5.99. The molecule has 2 aliphatic rings. The second-order valence-corrected chi connectivity index (χ2v) is 8.71. The summed E-state index contributed by atoms with van der Waals surface area (Å²) in [5.74, 6) is -5.16. The molecule has 2 aliphatic heterocycles. The number of hydrogen-bond donors (Lipinski definition) is 2. The molecule has 2 aromatic rings. The van der Waals surface area contributed by atoms with Gasteiger partial charge in [-0.25, -0.2) is 13.2 Å². The van der Waals surface area contributed by atoms with Gasteiger partial charge in [-0.2, -0.15) is 0 Å². The molecule has 2 atom stereocenters. The Morgan fingerprint density at radius 2 is 1.94 bits per heavy atom. The van der Waals surface area contributed by atoms with E-state index in [9.17, 15) is 32.7 Å². The zero-order chi connectivity index (χ0) is 26.0.